The van der Waals surface area contributed by atoms with Crippen LogP contribution in [0, 0.1) is 10.1 Å². The van der Waals surface area contributed by atoms with Crippen LogP contribution in [-0.2, 0) is 0 Å². The lowest BCUT2D eigenvalue weighted by atomic mass is 10.2. The molecular formula is C13H9ClN4O4. The fourth-order valence-corrected chi connectivity index (χ4v) is 1.69. The molecule has 1 aromatic heterocycles. The Morgan fingerprint density at radius 3 is 2.59 bits per heavy atom. The monoisotopic (exact) mass is 320 g/mol. The molecule has 0 unspecified atom stereocenters. The number of nitro groups is 1. The van der Waals surface area contributed by atoms with Gasteiger partial charge in [0.25, 0.3) is 5.69 Å². The molecule has 0 amide bonds. The van der Waals surface area contributed by atoms with Crippen molar-refractivity contribution in [2.45, 2.75) is 0 Å². The van der Waals surface area contributed by atoms with Crippen molar-refractivity contribution in [2.75, 3.05) is 5.43 Å². The van der Waals surface area contributed by atoms with Gasteiger partial charge in [-0.2, -0.15) is 5.10 Å². The number of nitrogens with zero attached hydrogens (tertiary/aromatic N) is 3. The van der Waals surface area contributed by atoms with Crippen molar-refractivity contribution in [3.63, 3.8) is 0 Å². The number of halogens is 1. The number of non-ortho nitro benzene ring substituents is 1. The molecule has 1 aromatic carbocycles. The van der Waals surface area contributed by atoms with Gasteiger partial charge < -0.3 is 5.11 Å². The summed E-state index contributed by atoms with van der Waals surface area (Å²) in [5.41, 5.74) is 2.96. The van der Waals surface area contributed by atoms with Crippen LogP contribution in [0.4, 0.5) is 11.5 Å². The van der Waals surface area contributed by atoms with E-state index in [0.717, 1.165) is 0 Å². The molecule has 0 spiro atoms. The third-order valence-electron chi connectivity index (χ3n) is 2.58. The molecule has 22 heavy (non-hydrogen) atoms. The molecule has 0 aliphatic rings. The Hall–Kier alpha value is -3.00. The van der Waals surface area contributed by atoms with Crippen LogP contribution >= 0.6 is 11.6 Å². The largest absolute Gasteiger partial charge is 0.478 e. The van der Waals surface area contributed by atoms with Crippen LogP contribution in [0.2, 0.25) is 5.15 Å². The number of benzene rings is 1. The van der Waals surface area contributed by atoms with Gasteiger partial charge in [0, 0.05) is 12.1 Å². The Bertz CT molecular complexity index is 746. The van der Waals surface area contributed by atoms with Gasteiger partial charge in [-0.1, -0.05) is 11.6 Å². The lowest BCUT2D eigenvalue weighted by Gasteiger charge is -2.04. The Morgan fingerprint density at radius 2 is 2.00 bits per heavy atom. The number of pyridine rings is 1. The Morgan fingerprint density at radius 1 is 1.32 bits per heavy atom. The molecule has 0 radical (unpaired) electrons. The van der Waals surface area contributed by atoms with Gasteiger partial charge >= 0.3 is 5.97 Å². The van der Waals surface area contributed by atoms with E-state index in [4.69, 9.17) is 16.7 Å². The van der Waals surface area contributed by atoms with Crippen molar-refractivity contribution in [2.24, 2.45) is 5.10 Å². The average Bonchev–Trinajstić information content (AvgIpc) is 2.47. The minimum atomic E-state index is -1.17. The first-order valence-electron chi connectivity index (χ1n) is 5.91. The van der Waals surface area contributed by atoms with Gasteiger partial charge in [0.15, 0.2) is 5.82 Å². The molecule has 0 saturated heterocycles. The Kier molecular flexibility index (Phi) is 4.64. The maximum atomic E-state index is 11.0. The second kappa shape index (κ2) is 6.64. The minimum absolute atomic E-state index is 0.00170. The van der Waals surface area contributed by atoms with Gasteiger partial charge in [-0.15, -0.1) is 0 Å². The summed E-state index contributed by atoms with van der Waals surface area (Å²) in [5, 5.41) is 23.5. The SMILES string of the molecule is O=C(O)c1ccc(Cl)nc1N/N=C\c1ccc([N+](=O)[O-])cc1. The summed E-state index contributed by atoms with van der Waals surface area (Å²) < 4.78 is 0. The first kappa shape index (κ1) is 15.4. The number of aromatic carboxylic acids is 1. The Labute approximate surface area is 129 Å². The molecule has 0 aliphatic heterocycles. The zero-order chi connectivity index (χ0) is 16.1. The van der Waals surface area contributed by atoms with Crippen molar-refractivity contribution in [3.05, 3.63) is 62.8 Å². The first-order valence-corrected chi connectivity index (χ1v) is 6.28. The molecule has 2 aromatic rings. The van der Waals surface area contributed by atoms with E-state index in [9.17, 15) is 14.9 Å². The number of rotatable bonds is 5. The summed E-state index contributed by atoms with van der Waals surface area (Å²) in [4.78, 5) is 24.9. The minimum Gasteiger partial charge on any atom is -0.478 e. The van der Waals surface area contributed by atoms with Crippen molar-refractivity contribution in [3.8, 4) is 0 Å². The maximum absolute atomic E-state index is 11.0. The molecule has 1 heterocycles. The van der Waals surface area contributed by atoms with Crippen LogP contribution < -0.4 is 5.43 Å². The number of hydrogen-bond acceptors (Lipinski definition) is 6. The highest BCUT2D eigenvalue weighted by molar-refractivity contribution is 6.29. The second-order valence-electron chi connectivity index (χ2n) is 4.05. The van der Waals surface area contributed by atoms with Crippen LogP contribution in [0.3, 0.4) is 0 Å². The number of anilines is 1. The molecule has 0 atom stereocenters. The molecule has 0 saturated carbocycles. The van der Waals surface area contributed by atoms with Gasteiger partial charge in [-0.25, -0.2) is 9.78 Å². The molecule has 0 fully saturated rings. The van der Waals surface area contributed by atoms with E-state index in [1.165, 1.54) is 42.6 Å². The van der Waals surface area contributed by atoms with Crippen LogP contribution in [0.15, 0.2) is 41.5 Å². The van der Waals surface area contributed by atoms with Gasteiger partial charge in [0.1, 0.15) is 10.7 Å². The summed E-state index contributed by atoms with van der Waals surface area (Å²) in [7, 11) is 0. The third kappa shape index (κ3) is 3.76. The summed E-state index contributed by atoms with van der Waals surface area (Å²) in [6.45, 7) is 0. The highest BCUT2D eigenvalue weighted by Crippen LogP contribution is 2.16. The van der Waals surface area contributed by atoms with Crippen molar-refractivity contribution >= 4 is 35.3 Å². The summed E-state index contributed by atoms with van der Waals surface area (Å²) in [6, 6.07) is 8.35. The molecule has 2 N–H and O–H groups in total. The maximum Gasteiger partial charge on any atom is 0.339 e. The molecule has 112 valence electrons. The highest BCUT2D eigenvalue weighted by Gasteiger charge is 2.11. The lowest BCUT2D eigenvalue weighted by molar-refractivity contribution is -0.384. The number of nitro benzene ring substituents is 1. The summed E-state index contributed by atoms with van der Waals surface area (Å²) >= 11 is 5.70. The van der Waals surface area contributed by atoms with Gasteiger partial charge in [-0.05, 0) is 29.8 Å². The van der Waals surface area contributed by atoms with E-state index >= 15 is 0 Å². The van der Waals surface area contributed by atoms with Crippen LogP contribution in [0.25, 0.3) is 0 Å². The summed E-state index contributed by atoms with van der Waals surface area (Å²) in [6.07, 6.45) is 1.37. The fraction of sp³-hybridized carbons (Fsp3) is 0. The van der Waals surface area contributed by atoms with Crippen LogP contribution in [-0.4, -0.2) is 27.2 Å². The number of carbonyl (C=O) groups is 1. The molecule has 0 bridgehead atoms. The van der Waals surface area contributed by atoms with E-state index < -0.39 is 10.9 Å². The van der Waals surface area contributed by atoms with E-state index in [-0.39, 0.29) is 22.2 Å². The Balaban J connectivity index is 2.14. The van der Waals surface area contributed by atoms with Crippen molar-refractivity contribution in [1.29, 1.82) is 0 Å². The molecule has 2 rings (SSSR count). The second-order valence-corrected chi connectivity index (χ2v) is 4.44. The van der Waals surface area contributed by atoms with E-state index in [2.05, 4.69) is 15.5 Å². The van der Waals surface area contributed by atoms with E-state index in [0.29, 0.717) is 5.56 Å². The number of nitrogens with one attached hydrogen (secondary N) is 1. The smallest absolute Gasteiger partial charge is 0.339 e. The molecule has 0 aliphatic carbocycles. The topological polar surface area (TPSA) is 118 Å². The molecule has 9 heteroatoms. The number of carboxylic acids is 1. The van der Waals surface area contributed by atoms with Crippen LogP contribution in [0.5, 0.6) is 0 Å². The number of aromatic nitrogens is 1. The average molecular weight is 321 g/mol. The van der Waals surface area contributed by atoms with E-state index in [1.54, 1.807) is 0 Å². The van der Waals surface area contributed by atoms with Gasteiger partial charge in [0.05, 0.1) is 11.1 Å². The van der Waals surface area contributed by atoms with E-state index in [1.807, 2.05) is 0 Å². The fourth-order valence-electron chi connectivity index (χ4n) is 1.54. The molecule has 8 nitrogen and oxygen atoms in total. The first-order chi connectivity index (χ1) is 10.5. The van der Waals surface area contributed by atoms with Crippen molar-refractivity contribution < 1.29 is 14.8 Å². The van der Waals surface area contributed by atoms with Gasteiger partial charge in [-0.3, -0.25) is 15.5 Å². The number of hydrogen-bond donors (Lipinski definition) is 2. The lowest BCUT2D eigenvalue weighted by Crippen LogP contribution is -2.04. The van der Waals surface area contributed by atoms with Crippen LogP contribution in [0.1, 0.15) is 15.9 Å². The zero-order valence-corrected chi connectivity index (χ0v) is 11.7. The van der Waals surface area contributed by atoms with Crippen molar-refractivity contribution in [1.82, 2.24) is 4.98 Å². The highest BCUT2D eigenvalue weighted by atomic mass is 35.5. The normalized spacial score (nSPS) is 10.6. The number of carboxylic acid groups (broad SMARTS) is 1. The van der Waals surface area contributed by atoms with Gasteiger partial charge in [0.2, 0.25) is 0 Å². The zero-order valence-electron chi connectivity index (χ0n) is 10.9. The predicted octanol–water partition coefficient (Wildman–Crippen LogP) is 2.79. The third-order valence-corrected chi connectivity index (χ3v) is 2.79. The summed E-state index contributed by atoms with van der Waals surface area (Å²) in [5.74, 6) is -1.17. The predicted molar refractivity (Wildman–Crippen MR) is 80.5 cm³/mol. The molecular weight excluding hydrogens is 312 g/mol. The number of hydrazone groups is 1. The quantitative estimate of drug-likeness (QED) is 0.378. The standard InChI is InChI=1S/C13H9ClN4O4/c14-11-6-5-10(13(19)20)12(16-11)17-15-7-8-1-3-9(4-2-8)18(21)22/h1-7H,(H,16,17)(H,19,20)/b15-7-.